The van der Waals surface area contributed by atoms with Crippen LogP contribution >= 0.6 is 0 Å². The van der Waals surface area contributed by atoms with Crippen LogP contribution in [0.5, 0.6) is 0 Å². The summed E-state index contributed by atoms with van der Waals surface area (Å²) < 4.78 is 16.0. The van der Waals surface area contributed by atoms with Gasteiger partial charge in [-0.2, -0.15) is 0 Å². The molecule has 0 atom stereocenters. The summed E-state index contributed by atoms with van der Waals surface area (Å²) in [6.07, 6.45) is 7.97. The number of carbonyl (C=O) groups is 1. The van der Waals surface area contributed by atoms with Crippen LogP contribution in [0.2, 0.25) is 0 Å². The molecule has 0 aromatic rings. The molecule has 1 rings (SSSR count). The largest absolute Gasteiger partial charge is 0.408 e. The van der Waals surface area contributed by atoms with Gasteiger partial charge < -0.3 is 14.2 Å². The van der Waals surface area contributed by atoms with E-state index in [2.05, 4.69) is 6.92 Å². The van der Waals surface area contributed by atoms with Gasteiger partial charge >= 0.3 is 11.9 Å². The molecule has 0 amide bonds. The number of rotatable bonds is 9. The van der Waals surface area contributed by atoms with E-state index >= 15 is 0 Å². The van der Waals surface area contributed by atoms with E-state index in [4.69, 9.17) is 14.2 Å². The second-order valence-electron chi connectivity index (χ2n) is 4.73. The number of hydrogen-bond donors (Lipinski definition) is 0. The van der Waals surface area contributed by atoms with Gasteiger partial charge in [0.1, 0.15) is 0 Å². The van der Waals surface area contributed by atoms with E-state index in [0.29, 0.717) is 26.1 Å². The Labute approximate surface area is 110 Å². The topological polar surface area (TPSA) is 44.8 Å². The Bertz CT molecular complexity index is 234. The molecule has 1 aliphatic heterocycles. The lowest BCUT2D eigenvalue weighted by atomic mass is 10.1. The van der Waals surface area contributed by atoms with Crippen molar-refractivity contribution < 1.29 is 19.0 Å². The van der Waals surface area contributed by atoms with Gasteiger partial charge in [0.05, 0.1) is 13.2 Å². The molecule has 0 saturated carbocycles. The summed E-state index contributed by atoms with van der Waals surface area (Å²) >= 11 is 0. The minimum Gasteiger partial charge on any atom is -0.408 e. The fourth-order valence-corrected chi connectivity index (χ4v) is 2.05. The van der Waals surface area contributed by atoms with Crippen molar-refractivity contribution in [1.29, 1.82) is 0 Å². The Hall–Kier alpha value is -0.610. The maximum atomic E-state index is 11.7. The highest BCUT2D eigenvalue weighted by molar-refractivity contribution is 5.69. The smallest absolute Gasteiger partial charge is 0.329 e. The molecule has 0 bridgehead atoms. The van der Waals surface area contributed by atoms with Crippen LogP contribution in [-0.4, -0.2) is 25.2 Å². The summed E-state index contributed by atoms with van der Waals surface area (Å²) in [4.78, 5) is 11.7. The van der Waals surface area contributed by atoms with E-state index in [-0.39, 0.29) is 5.97 Å². The van der Waals surface area contributed by atoms with Gasteiger partial charge in [-0.1, -0.05) is 46.0 Å². The highest BCUT2D eigenvalue weighted by atomic mass is 16.9. The standard InChI is InChI=1S/C14H26O4/c1-3-5-6-7-8-9-10-13(15)18-14(4-2)16-11-12-17-14/h3-12H2,1-2H3. The molecule has 4 heteroatoms. The highest BCUT2D eigenvalue weighted by Gasteiger charge is 2.38. The predicted octanol–water partition coefficient (Wildman–Crippen LogP) is 3.39. The van der Waals surface area contributed by atoms with E-state index < -0.39 is 5.97 Å². The zero-order valence-electron chi connectivity index (χ0n) is 11.7. The third-order valence-electron chi connectivity index (χ3n) is 3.16. The van der Waals surface area contributed by atoms with Crippen LogP contribution in [0.25, 0.3) is 0 Å². The number of carbonyl (C=O) groups excluding carboxylic acids is 1. The van der Waals surface area contributed by atoms with E-state index in [1.165, 1.54) is 25.7 Å². The van der Waals surface area contributed by atoms with E-state index in [9.17, 15) is 4.79 Å². The van der Waals surface area contributed by atoms with Gasteiger partial charge in [-0.25, -0.2) is 0 Å². The summed E-state index contributed by atoms with van der Waals surface area (Å²) in [5, 5.41) is 0. The summed E-state index contributed by atoms with van der Waals surface area (Å²) in [5.74, 6) is -1.31. The lowest BCUT2D eigenvalue weighted by molar-refractivity contribution is -0.314. The first-order chi connectivity index (χ1) is 8.72. The Morgan fingerprint density at radius 3 is 2.28 bits per heavy atom. The van der Waals surface area contributed by atoms with E-state index in [0.717, 1.165) is 12.8 Å². The summed E-state index contributed by atoms with van der Waals surface area (Å²) in [6, 6.07) is 0. The number of ether oxygens (including phenoxy) is 3. The van der Waals surface area contributed by atoms with Crippen LogP contribution in [0.3, 0.4) is 0 Å². The van der Waals surface area contributed by atoms with Crippen molar-refractivity contribution in [3.8, 4) is 0 Å². The molecule has 18 heavy (non-hydrogen) atoms. The zero-order chi connectivity index (χ0) is 13.3. The van der Waals surface area contributed by atoms with Gasteiger partial charge in [0.15, 0.2) is 0 Å². The fraction of sp³-hybridized carbons (Fsp3) is 0.929. The Kier molecular flexibility index (Phi) is 7.28. The van der Waals surface area contributed by atoms with Gasteiger partial charge in [-0.05, 0) is 6.42 Å². The van der Waals surface area contributed by atoms with Gasteiger partial charge in [0, 0.05) is 12.8 Å². The molecule has 1 aliphatic rings. The normalized spacial score (nSPS) is 17.9. The number of hydrogen-bond acceptors (Lipinski definition) is 4. The maximum absolute atomic E-state index is 11.7. The molecule has 0 aliphatic carbocycles. The highest BCUT2D eigenvalue weighted by Crippen LogP contribution is 2.25. The van der Waals surface area contributed by atoms with Crippen LogP contribution in [0.1, 0.15) is 65.2 Å². The molecule has 0 aromatic carbocycles. The van der Waals surface area contributed by atoms with Crippen molar-refractivity contribution in [3.05, 3.63) is 0 Å². The lowest BCUT2D eigenvalue weighted by Crippen LogP contribution is -2.35. The van der Waals surface area contributed by atoms with E-state index in [1.54, 1.807) is 0 Å². The third-order valence-corrected chi connectivity index (χ3v) is 3.16. The second-order valence-corrected chi connectivity index (χ2v) is 4.73. The van der Waals surface area contributed by atoms with Crippen molar-refractivity contribution in [3.63, 3.8) is 0 Å². The molecule has 0 spiro atoms. The minimum atomic E-state index is -1.10. The van der Waals surface area contributed by atoms with Crippen molar-refractivity contribution in [2.45, 2.75) is 71.2 Å². The SMILES string of the molecule is CCCCCCCCC(=O)OC1(CC)OCCO1. The molecule has 106 valence electrons. The van der Waals surface area contributed by atoms with Crippen molar-refractivity contribution in [1.82, 2.24) is 0 Å². The number of unbranched alkanes of at least 4 members (excludes halogenated alkanes) is 5. The quantitative estimate of drug-likeness (QED) is 0.470. The molecular weight excluding hydrogens is 232 g/mol. The van der Waals surface area contributed by atoms with Crippen molar-refractivity contribution in [2.75, 3.05) is 13.2 Å². The van der Waals surface area contributed by atoms with Crippen LogP contribution in [0, 0.1) is 0 Å². The molecule has 1 heterocycles. The molecule has 0 unspecified atom stereocenters. The van der Waals surface area contributed by atoms with Crippen LogP contribution in [-0.2, 0) is 19.0 Å². The van der Waals surface area contributed by atoms with Gasteiger partial charge in [-0.15, -0.1) is 0 Å². The van der Waals surface area contributed by atoms with Crippen LogP contribution in [0.4, 0.5) is 0 Å². The second kappa shape index (κ2) is 8.48. The summed E-state index contributed by atoms with van der Waals surface area (Å²) in [7, 11) is 0. The van der Waals surface area contributed by atoms with Crippen LogP contribution in [0.15, 0.2) is 0 Å². The van der Waals surface area contributed by atoms with Gasteiger partial charge in [0.2, 0.25) is 0 Å². The molecule has 1 fully saturated rings. The first kappa shape index (κ1) is 15.4. The van der Waals surface area contributed by atoms with Gasteiger partial charge in [-0.3, -0.25) is 4.79 Å². The first-order valence-corrected chi connectivity index (χ1v) is 7.22. The molecule has 0 radical (unpaired) electrons. The summed E-state index contributed by atoms with van der Waals surface area (Å²) in [5.41, 5.74) is 0. The maximum Gasteiger partial charge on any atom is 0.329 e. The average Bonchev–Trinajstić information content (AvgIpc) is 2.83. The minimum absolute atomic E-state index is 0.214. The van der Waals surface area contributed by atoms with Crippen molar-refractivity contribution in [2.24, 2.45) is 0 Å². The Morgan fingerprint density at radius 2 is 1.67 bits per heavy atom. The third kappa shape index (κ3) is 5.36. The molecule has 4 nitrogen and oxygen atoms in total. The average molecular weight is 258 g/mol. The predicted molar refractivity (Wildman–Crippen MR) is 69.0 cm³/mol. The zero-order valence-corrected chi connectivity index (χ0v) is 11.7. The van der Waals surface area contributed by atoms with Crippen molar-refractivity contribution >= 4 is 5.97 Å². The first-order valence-electron chi connectivity index (χ1n) is 7.22. The lowest BCUT2D eigenvalue weighted by Gasteiger charge is -2.24. The summed E-state index contributed by atoms with van der Waals surface area (Å²) in [6.45, 7) is 5.09. The molecule has 0 aromatic heterocycles. The molecule has 0 N–H and O–H groups in total. The molecule has 1 saturated heterocycles. The monoisotopic (exact) mass is 258 g/mol. The molecular formula is C14H26O4. The number of esters is 1. The van der Waals surface area contributed by atoms with Crippen LogP contribution < -0.4 is 0 Å². The van der Waals surface area contributed by atoms with E-state index in [1.807, 2.05) is 6.92 Å². The fourth-order valence-electron chi connectivity index (χ4n) is 2.05. The van der Waals surface area contributed by atoms with Gasteiger partial charge in [0.25, 0.3) is 0 Å². The Balaban J connectivity index is 2.09. The Morgan fingerprint density at radius 1 is 1.06 bits per heavy atom.